The molecule has 1 aliphatic carbocycles. The number of benzene rings is 1. The fourth-order valence-electron chi connectivity index (χ4n) is 2.42. The molecule has 0 aromatic heterocycles. The molecule has 0 aliphatic heterocycles. The molecule has 0 saturated heterocycles. The van der Waals surface area contributed by atoms with Crippen LogP contribution in [-0.4, -0.2) is 5.78 Å². The van der Waals surface area contributed by atoms with E-state index >= 15 is 0 Å². The van der Waals surface area contributed by atoms with Gasteiger partial charge >= 0.3 is 0 Å². The Bertz CT molecular complexity index is 508. The zero-order chi connectivity index (χ0) is 12.6. The minimum atomic E-state index is -0.0374. The SMILES string of the molecule is C=C1C=C[C@H](C(C)=O)[C@H]1c1ccc(C)c(C)c1. The molecule has 17 heavy (non-hydrogen) atoms. The molecule has 0 saturated carbocycles. The van der Waals surface area contributed by atoms with Crippen molar-refractivity contribution in [2.75, 3.05) is 0 Å². The van der Waals surface area contributed by atoms with Gasteiger partial charge in [-0.2, -0.15) is 0 Å². The van der Waals surface area contributed by atoms with Crippen molar-refractivity contribution in [2.24, 2.45) is 5.92 Å². The smallest absolute Gasteiger partial charge is 0.137 e. The van der Waals surface area contributed by atoms with Crippen LogP contribution in [0.25, 0.3) is 0 Å². The standard InChI is InChI=1S/C16H18O/c1-10-5-7-14(9-12(10)3)16-11(2)6-8-15(16)13(4)17/h5-9,15-16H,2H2,1,3-4H3/t15-,16-/m1/s1. The Morgan fingerprint density at radius 1 is 1.24 bits per heavy atom. The summed E-state index contributed by atoms with van der Waals surface area (Å²) < 4.78 is 0. The topological polar surface area (TPSA) is 17.1 Å². The largest absolute Gasteiger partial charge is 0.299 e. The zero-order valence-electron chi connectivity index (χ0n) is 10.7. The van der Waals surface area contributed by atoms with Crippen molar-refractivity contribution in [2.45, 2.75) is 26.7 Å². The van der Waals surface area contributed by atoms with E-state index in [2.05, 4.69) is 38.6 Å². The van der Waals surface area contributed by atoms with E-state index in [1.807, 2.05) is 12.2 Å². The van der Waals surface area contributed by atoms with E-state index in [0.29, 0.717) is 0 Å². The lowest BCUT2D eigenvalue weighted by Crippen LogP contribution is -2.15. The van der Waals surface area contributed by atoms with Gasteiger partial charge in [-0.05, 0) is 43.0 Å². The number of ketones is 1. The van der Waals surface area contributed by atoms with Crippen LogP contribution in [0.4, 0.5) is 0 Å². The highest BCUT2D eigenvalue weighted by Crippen LogP contribution is 2.39. The van der Waals surface area contributed by atoms with Gasteiger partial charge in [0.2, 0.25) is 0 Å². The van der Waals surface area contributed by atoms with Gasteiger partial charge in [0.05, 0.1) is 0 Å². The molecule has 88 valence electrons. The fourth-order valence-corrected chi connectivity index (χ4v) is 2.42. The Morgan fingerprint density at radius 3 is 2.53 bits per heavy atom. The van der Waals surface area contributed by atoms with E-state index in [1.54, 1.807) is 6.92 Å². The Hall–Kier alpha value is -1.63. The lowest BCUT2D eigenvalue weighted by Gasteiger charge is -2.19. The van der Waals surface area contributed by atoms with Crippen LogP contribution >= 0.6 is 0 Å². The van der Waals surface area contributed by atoms with E-state index in [1.165, 1.54) is 16.7 Å². The van der Waals surface area contributed by atoms with Gasteiger partial charge in [-0.15, -0.1) is 0 Å². The predicted molar refractivity (Wildman–Crippen MR) is 71.1 cm³/mol. The molecule has 0 unspecified atom stereocenters. The molecule has 2 rings (SSSR count). The maximum atomic E-state index is 11.6. The van der Waals surface area contributed by atoms with Gasteiger partial charge in [0, 0.05) is 11.8 Å². The van der Waals surface area contributed by atoms with Crippen LogP contribution in [0.2, 0.25) is 0 Å². The van der Waals surface area contributed by atoms with Crippen molar-refractivity contribution in [3.8, 4) is 0 Å². The molecule has 1 aliphatic rings. The average molecular weight is 226 g/mol. The lowest BCUT2D eigenvalue weighted by atomic mass is 9.83. The second kappa shape index (κ2) is 4.33. The highest BCUT2D eigenvalue weighted by molar-refractivity contribution is 5.83. The van der Waals surface area contributed by atoms with Gasteiger partial charge in [0.25, 0.3) is 0 Å². The fraction of sp³-hybridized carbons (Fsp3) is 0.312. The number of hydrogen-bond acceptors (Lipinski definition) is 1. The first-order chi connectivity index (χ1) is 8.00. The first kappa shape index (κ1) is 11.8. The van der Waals surface area contributed by atoms with E-state index < -0.39 is 0 Å². The van der Waals surface area contributed by atoms with Gasteiger partial charge in [0.15, 0.2) is 0 Å². The zero-order valence-corrected chi connectivity index (χ0v) is 10.7. The molecular weight excluding hydrogens is 208 g/mol. The lowest BCUT2D eigenvalue weighted by molar-refractivity contribution is -0.119. The first-order valence-corrected chi connectivity index (χ1v) is 5.95. The van der Waals surface area contributed by atoms with Gasteiger partial charge in [-0.1, -0.05) is 36.9 Å². The number of rotatable bonds is 2. The summed E-state index contributed by atoms with van der Waals surface area (Å²) >= 11 is 0. The van der Waals surface area contributed by atoms with Crippen molar-refractivity contribution in [1.29, 1.82) is 0 Å². The van der Waals surface area contributed by atoms with E-state index in [0.717, 1.165) is 5.57 Å². The van der Waals surface area contributed by atoms with Crippen molar-refractivity contribution in [3.63, 3.8) is 0 Å². The molecule has 0 bridgehead atoms. The Morgan fingerprint density at radius 2 is 1.94 bits per heavy atom. The second-order valence-electron chi connectivity index (χ2n) is 4.89. The normalized spacial score (nSPS) is 23.1. The van der Waals surface area contributed by atoms with Crippen LogP contribution in [0.1, 0.15) is 29.5 Å². The molecule has 1 heteroatoms. The minimum Gasteiger partial charge on any atom is -0.299 e. The third-order valence-corrected chi connectivity index (χ3v) is 3.64. The number of allylic oxidation sites excluding steroid dienone is 3. The van der Waals surface area contributed by atoms with Crippen molar-refractivity contribution in [1.82, 2.24) is 0 Å². The van der Waals surface area contributed by atoms with E-state index in [9.17, 15) is 4.79 Å². The number of Topliss-reactive ketones (excluding diaryl/α,β-unsaturated/α-hetero) is 1. The highest BCUT2D eigenvalue weighted by Gasteiger charge is 2.30. The van der Waals surface area contributed by atoms with Crippen LogP contribution in [0.5, 0.6) is 0 Å². The minimum absolute atomic E-state index is 0.0374. The van der Waals surface area contributed by atoms with Crippen molar-refractivity contribution in [3.05, 3.63) is 59.2 Å². The molecule has 1 aromatic rings. The van der Waals surface area contributed by atoms with Crippen LogP contribution in [0, 0.1) is 19.8 Å². The van der Waals surface area contributed by atoms with Crippen LogP contribution in [-0.2, 0) is 4.79 Å². The van der Waals surface area contributed by atoms with Crippen molar-refractivity contribution >= 4 is 5.78 Å². The third-order valence-electron chi connectivity index (χ3n) is 3.64. The quantitative estimate of drug-likeness (QED) is 0.751. The molecule has 0 radical (unpaired) electrons. The molecule has 1 nitrogen and oxygen atoms in total. The van der Waals surface area contributed by atoms with Crippen LogP contribution < -0.4 is 0 Å². The average Bonchev–Trinajstić information content (AvgIpc) is 2.64. The summed E-state index contributed by atoms with van der Waals surface area (Å²) in [6, 6.07) is 6.41. The van der Waals surface area contributed by atoms with Crippen LogP contribution in [0.3, 0.4) is 0 Å². The maximum absolute atomic E-state index is 11.6. The number of aryl methyl sites for hydroxylation is 2. The summed E-state index contributed by atoms with van der Waals surface area (Å²) in [5.74, 6) is 0.305. The second-order valence-corrected chi connectivity index (χ2v) is 4.89. The number of hydrogen-bond donors (Lipinski definition) is 0. The van der Waals surface area contributed by atoms with Crippen LogP contribution in [0.15, 0.2) is 42.5 Å². The first-order valence-electron chi connectivity index (χ1n) is 5.95. The molecule has 2 atom stereocenters. The Labute approximate surface area is 103 Å². The number of carbonyl (C=O) groups is 1. The van der Waals surface area contributed by atoms with Gasteiger partial charge in [-0.25, -0.2) is 0 Å². The summed E-state index contributed by atoms with van der Waals surface area (Å²) in [6.07, 6.45) is 3.95. The molecule has 0 spiro atoms. The van der Waals surface area contributed by atoms with Gasteiger partial charge < -0.3 is 0 Å². The number of carbonyl (C=O) groups excluding carboxylic acids is 1. The Balaban J connectivity index is 2.41. The Kier molecular flexibility index (Phi) is 3.01. The molecule has 0 N–H and O–H groups in total. The molecule has 1 aromatic carbocycles. The predicted octanol–water partition coefficient (Wildman–Crippen LogP) is 3.72. The van der Waals surface area contributed by atoms with E-state index in [-0.39, 0.29) is 17.6 Å². The molecule has 0 amide bonds. The summed E-state index contributed by atoms with van der Waals surface area (Å²) in [5, 5.41) is 0. The van der Waals surface area contributed by atoms with Crippen molar-refractivity contribution < 1.29 is 4.79 Å². The van der Waals surface area contributed by atoms with E-state index in [4.69, 9.17) is 0 Å². The summed E-state index contributed by atoms with van der Waals surface area (Å²) in [5.41, 5.74) is 4.78. The van der Waals surface area contributed by atoms with Gasteiger partial charge in [0.1, 0.15) is 5.78 Å². The van der Waals surface area contributed by atoms with Gasteiger partial charge in [-0.3, -0.25) is 4.79 Å². The maximum Gasteiger partial charge on any atom is 0.137 e. The summed E-state index contributed by atoms with van der Waals surface area (Å²) in [6.45, 7) is 9.92. The monoisotopic (exact) mass is 226 g/mol. The third kappa shape index (κ3) is 2.10. The summed E-state index contributed by atoms with van der Waals surface area (Å²) in [7, 11) is 0. The molecule has 0 heterocycles. The highest BCUT2D eigenvalue weighted by atomic mass is 16.1. The summed E-state index contributed by atoms with van der Waals surface area (Å²) in [4.78, 5) is 11.6. The molecule has 0 fully saturated rings. The molecular formula is C16H18O.